The van der Waals surface area contributed by atoms with E-state index in [0.29, 0.717) is 34.4 Å². The van der Waals surface area contributed by atoms with Gasteiger partial charge in [-0.2, -0.15) is 0 Å². The summed E-state index contributed by atoms with van der Waals surface area (Å²) in [7, 11) is 0. The smallest absolute Gasteiger partial charge is 0.226 e. The monoisotopic (exact) mass is 365 g/mol. The van der Waals surface area contributed by atoms with E-state index < -0.39 is 0 Å². The number of carbonyl (C=O) groups excluding carboxylic acids is 2. The van der Waals surface area contributed by atoms with E-state index in [9.17, 15) is 9.59 Å². The number of nitrogens with one attached hydrogen (secondary N) is 3. The van der Waals surface area contributed by atoms with Gasteiger partial charge in [-0.05, 0) is 42.5 Å². The van der Waals surface area contributed by atoms with Gasteiger partial charge in [0, 0.05) is 37.0 Å². The molecule has 0 unspecified atom stereocenters. The first-order valence-electron chi connectivity index (χ1n) is 7.30. The van der Waals surface area contributed by atoms with Crippen molar-refractivity contribution < 1.29 is 9.59 Å². The summed E-state index contributed by atoms with van der Waals surface area (Å²) in [6.07, 6.45) is 0.299. The van der Waals surface area contributed by atoms with Crippen molar-refractivity contribution in [3.8, 4) is 0 Å². The molecule has 0 aliphatic heterocycles. The highest BCUT2D eigenvalue weighted by atomic mass is 35.5. The molecule has 2 rings (SSSR count). The number of anilines is 3. The minimum absolute atomic E-state index is 0.116. The zero-order chi connectivity index (χ0) is 17.5. The molecule has 5 nitrogen and oxygen atoms in total. The van der Waals surface area contributed by atoms with Crippen LogP contribution in [-0.2, 0) is 9.59 Å². The molecule has 0 heterocycles. The third-order valence-electron chi connectivity index (χ3n) is 3.09. The highest BCUT2D eigenvalue weighted by Crippen LogP contribution is 2.24. The molecule has 3 N–H and O–H groups in total. The highest BCUT2D eigenvalue weighted by Gasteiger charge is 2.04. The van der Waals surface area contributed by atoms with Gasteiger partial charge >= 0.3 is 0 Å². The minimum Gasteiger partial charge on any atom is -0.384 e. The Morgan fingerprint density at radius 1 is 0.875 bits per heavy atom. The maximum Gasteiger partial charge on any atom is 0.226 e. The van der Waals surface area contributed by atoms with Crippen molar-refractivity contribution in [1.29, 1.82) is 0 Å². The van der Waals surface area contributed by atoms with E-state index in [2.05, 4.69) is 16.0 Å². The van der Waals surface area contributed by atoms with E-state index in [1.165, 1.54) is 6.92 Å². The summed E-state index contributed by atoms with van der Waals surface area (Å²) < 4.78 is 0. The normalized spacial score (nSPS) is 10.1. The fourth-order valence-electron chi connectivity index (χ4n) is 1.99. The molecule has 2 aromatic carbocycles. The Bertz CT molecular complexity index is 733. The van der Waals surface area contributed by atoms with Crippen LogP contribution in [0.4, 0.5) is 17.1 Å². The van der Waals surface area contributed by atoms with Gasteiger partial charge in [-0.3, -0.25) is 9.59 Å². The fraction of sp³-hybridized carbons (Fsp3) is 0.176. The number of benzene rings is 2. The standard InChI is InChI=1S/C17H17Cl2N3O2/c1-11(23)21-12-2-4-13(5-3-12)22-17(24)8-9-20-14-6-7-15(18)16(19)10-14/h2-7,10,20H,8-9H2,1H3,(H,21,23)(H,22,24). The molecule has 0 bridgehead atoms. The SMILES string of the molecule is CC(=O)Nc1ccc(NC(=O)CCNc2ccc(Cl)c(Cl)c2)cc1. The topological polar surface area (TPSA) is 70.2 Å². The number of rotatable bonds is 6. The van der Waals surface area contributed by atoms with Crippen molar-refractivity contribution >= 4 is 52.1 Å². The second-order valence-electron chi connectivity index (χ2n) is 5.11. The lowest BCUT2D eigenvalue weighted by Crippen LogP contribution is -2.16. The first kappa shape index (κ1) is 18.1. The fourth-order valence-corrected chi connectivity index (χ4v) is 2.29. The number of hydrogen-bond donors (Lipinski definition) is 3. The molecule has 0 atom stereocenters. The molecule has 7 heteroatoms. The van der Waals surface area contributed by atoms with Gasteiger partial charge in [-0.1, -0.05) is 23.2 Å². The van der Waals surface area contributed by atoms with Crippen molar-refractivity contribution in [2.24, 2.45) is 0 Å². The highest BCUT2D eigenvalue weighted by molar-refractivity contribution is 6.42. The molecule has 0 spiro atoms. The van der Waals surface area contributed by atoms with Crippen molar-refractivity contribution in [1.82, 2.24) is 0 Å². The Kier molecular flexibility index (Phi) is 6.46. The van der Waals surface area contributed by atoms with Crippen LogP contribution in [0, 0.1) is 0 Å². The predicted molar refractivity (Wildman–Crippen MR) is 98.9 cm³/mol. The largest absolute Gasteiger partial charge is 0.384 e. The Balaban J connectivity index is 1.78. The van der Waals surface area contributed by atoms with Crippen LogP contribution in [0.5, 0.6) is 0 Å². The second-order valence-corrected chi connectivity index (χ2v) is 5.93. The minimum atomic E-state index is -0.139. The molecule has 24 heavy (non-hydrogen) atoms. The third kappa shape index (κ3) is 5.76. The van der Waals surface area contributed by atoms with Crippen LogP contribution in [-0.4, -0.2) is 18.4 Å². The van der Waals surface area contributed by atoms with E-state index in [1.807, 2.05) is 0 Å². The first-order chi connectivity index (χ1) is 11.4. The van der Waals surface area contributed by atoms with E-state index in [1.54, 1.807) is 42.5 Å². The number of halogens is 2. The van der Waals surface area contributed by atoms with E-state index in [0.717, 1.165) is 5.69 Å². The molecule has 126 valence electrons. The average Bonchev–Trinajstić information content (AvgIpc) is 2.52. The molecule has 0 radical (unpaired) electrons. The summed E-state index contributed by atoms with van der Waals surface area (Å²) in [6, 6.07) is 12.1. The molecule has 0 aromatic heterocycles. The van der Waals surface area contributed by atoms with Gasteiger partial charge in [-0.15, -0.1) is 0 Å². The van der Waals surface area contributed by atoms with Crippen LogP contribution < -0.4 is 16.0 Å². The quantitative estimate of drug-likeness (QED) is 0.710. The van der Waals surface area contributed by atoms with Gasteiger partial charge < -0.3 is 16.0 Å². The lowest BCUT2D eigenvalue weighted by Gasteiger charge is -2.09. The van der Waals surface area contributed by atoms with Crippen LogP contribution >= 0.6 is 23.2 Å². The van der Waals surface area contributed by atoms with E-state index in [-0.39, 0.29) is 11.8 Å². The van der Waals surface area contributed by atoms with Crippen LogP contribution in [0.2, 0.25) is 10.0 Å². The summed E-state index contributed by atoms with van der Waals surface area (Å²) in [5.74, 6) is -0.255. The number of hydrogen-bond acceptors (Lipinski definition) is 3. The summed E-state index contributed by atoms with van der Waals surface area (Å²) in [6.45, 7) is 1.91. The van der Waals surface area contributed by atoms with E-state index >= 15 is 0 Å². The van der Waals surface area contributed by atoms with Gasteiger partial charge in [0.05, 0.1) is 10.0 Å². The number of amides is 2. The molecule has 2 aromatic rings. The van der Waals surface area contributed by atoms with Crippen molar-refractivity contribution in [2.75, 3.05) is 22.5 Å². The zero-order valence-corrected chi connectivity index (χ0v) is 14.5. The van der Waals surface area contributed by atoms with Gasteiger partial charge in [0.2, 0.25) is 11.8 Å². The summed E-state index contributed by atoms with van der Waals surface area (Å²) >= 11 is 11.8. The molecular weight excluding hydrogens is 349 g/mol. The Morgan fingerprint density at radius 2 is 1.46 bits per heavy atom. The molecule has 0 aliphatic carbocycles. The molecule has 0 saturated heterocycles. The molecular formula is C17H17Cl2N3O2. The van der Waals surface area contributed by atoms with E-state index in [4.69, 9.17) is 23.2 Å². The Hall–Kier alpha value is -2.24. The van der Waals surface area contributed by atoms with Crippen LogP contribution in [0.15, 0.2) is 42.5 Å². The maximum absolute atomic E-state index is 11.9. The summed E-state index contributed by atoms with van der Waals surface area (Å²) in [5.41, 5.74) is 2.15. The van der Waals surface area contributed by atoms with Crippen molar-refractivity contribution in [3.05, 3.63) is 52.5 Å². The molecule has 2 amide bonds. The van der Waals surface area contributed by atoms with Gasteiger partial charge in [0.15, 0.2) is 0 Å². The Labute approximate surface area is 150 Å². The molecule has 0 fully saturated rings. The second kappa shape index (κ2) is 8.57. The Morgan fingerprint density at radius 3 is 2.04 bits per heavy atom. The lowest BCUT2D eigenvalue weighted by atomic mass is 10.2. The average molecular weight is 366 g/mol. The summed E-state index contributed by atoms with van der Waals surface area (Å²) in [5, 5.41) is 9.52. The van der Waals surface area contributed by atoms with Gasteiger partial charge in [0.1, 0.15) is 0 Å². The lowest BCUT2D eigenvalue weighted by molar-refractivity contribution is -0.116. The summed E-state index contributed by atoms with van der Waals surface area (Å²) in [4.78, 5) is 22.9. The van der Waals surface area contributed by atoms with Crippen molar-refractivity contribution in [3.63, 3.8) is 0 Å². The predicted octanol–water partition coefficient (Wildman–Crippen LogP) is 4.39. The molecule has 0 aliphatic rings. The van der Waals surface area contributed by atoms with Crippen LogP contribution in [0.25, 0.3) is 0 Å². The van der Waals surface area contributed by atoms with Crippen LogP contribution in [0.1, 0.15) is 13.3 Å². The van der Waals surface area contributed by atoms with Gasteiger partial charge in [-0.25, -0.2) is 0 Å². The first-order valence-corrected chi connectivity index (χ1v) is 8.06. The zero-order valence-electron chi connectivity index (χ0n) is 13.0. The third-order valence-corrected chi connectivity index (χ3v) is 3.83. The van der Waals surface area contributed by atoms with Gasteiger partial charge in [0.25, 0.3) is 0 Å². The molecule has 0 saturated carbocycles. The number of carbonyl (C=O) groups is 2. The maximum atomic E-state index is 11.9. The van der Waals surface area contributed by atoms with Crippen LogP contribution in [0.3, 0.4) is 0 Å². The van der Waals surface area contributed by atoms with Crippen molar-refractivity contribution in [2.45, 2.75) is 13.3 Å².